The smallest absolute Gasteiger partial charge is 0.176 e. The zero-order valence-electron chi connectivity index (χ0n) is 18.4. The second-order valence-corrected chi connectivity index (χ2v) is 8.94. The van der Waals surface area contributed by atoms with Crippen LogP contribution < -0.4 is 5.73 Å². The number of aromatic nitrogens is 4. The molecule has 2 aromatic carbocycles. The van der Waals surface area contributed by atoms with E-state index in [2.05, 4.69) is 45.3 Å². The Morgan fingerprint density at radius 3 is 2.71 bits per heavy atom. The van der Waals surface area contributed by atoms with E-state index in [0.29, 0.717) is 24.0 Å². The SMILES string of the molecule is Nc1ncnc2c1ncn2[C@]1(CCc2cccc3c2Cc2ccccc2-3)O[C@H](CO)[C@@H](O)[C@H]1O. The minimum absolute atomic E-state index is 0.212. The Balaban J connectivity index is 1.41. The summed E-state index contributed by atoms with van der Waals surface area (Å²) in [4.78, 5) is 12.6. The van der Waals surface area contributed by atoms with E-state index in [1.807, 2.05) is 12.1 Å². The van der Waals surface area contributed by atoms with Crippen LogP contribution in [-0.4, -0.2) is 59.8 Å². The van der Waals surface area contributed by atoms with Crippen LogP contribution >= 0.6 is 0 Å². The van der Waals surface area contributed by atoms with Gasteiger partial charge in [-0.3, -0.25) is 4.57 Å². The van der Waals surface area contributed by atoms with Crippen molar-refractivity contribution in [2.45, 2.75) is 43.3 Å². The molecule has 34 heavy (non-hydrogen) atoms. The summed E-state index contributed by atoms with van der Waals surface area (Å²) in [6, 6.07) is 14.7. The van der Waals surface area contributed by atoms with Gasteiger partial charge in [-0.25, -0.2) is 15.0 Å². The third-order valence-electron chi connectivity index (χ3n) is 7.17. The first-order chi connectivity index (χ1) is 16.5. The van der Waals surface area contributed by atoms with Crippen LogP contribution in [-0.2, 0) is 23.3 Å². The van der Waals surface area contributed by atoms with Crippen LogP contribution in [0.1, 0.15) is 23.1 Å². The van der Waals surface area contributed by atoms with Crippen LogP contribution in [0, 0.1) is 0 Å². The Hall–Kier alpha value is -3.37. The number of ether oxygens (including phenoxy) is 1. The third kappa shape index (κ3) is 2.98. The monoisotopic (exact) mass is 459 g/mol. The number of benzene rings is 2. The van der Waals surface area contributed by atoms with Gasteiger partial charge in [0.15, 0.2) is 17.2 Å². The summed E-state index contributed by atoms with van der Waals surface area (Å²) in [5, 5.41) is 31.7. The van der Waals surface area contributed by atoms with Gasteiger partial charge in [0.2, 0.25) is 0 Å². The van der Waals surface area contributed by atoms with E-state index in [1.54, 1.807) is 4.57 Å². The fraction of sp³-hybridized carbons (Fsp3) is 0.320. The Labute approximate surface area is 195 Å². The summed E-state index contributed by atoms with van der Waals surface area (Å²) in [5.74, 6) is 0.212. The number of anilines is 1. The Morgan fingerprint density at radius 2 is 1.88 bits per heavy atom. The molecule has 2 aromatic heterocycles. The molecule has 4 aromatic rings. The van der Waals surface area contributed by atoms with E-state index in [0.717, 1.165) is 12.0 Å². The molecule has 9 nitrogen and oxygen atoms in total. The van der Waals surface area contributed by atoms with Crippen molar-refractivity contribution in [3.05, 3.63) is 71.8 Å². The quantitative estimate of drug-likeness (QED) is 0.309. The summed E-state index contributed by atoms with van der Waals surface area (Å²) < 4.78 is 7.80. The van der Waals surface area contributed by atoms with Crippen LogP contribution in [0.25, 0.3) is 22.3 Å². The zero-order chi connectivity index (χ0) is 23.4. The van der Waals surface area contributed by atoms with E-state index in [4.69, 9.17) is 10.5 Å². The molecule has 4 atom stereocenters. The van der Waals surface area contributed by atoms with Crippen molar-refractivity contribution in [3.8, 4) is 11.1 Å². The first-order valence-corrected chi connectivity index (χ1v) is 11.3. The lowest BCUT2D eigenvalue weighted by molar-refractivity contribution is -0.150. The molecule has 174 valence electrons. The number of fused-ring (bicyclic) bond motifs is 4. The first kappa shape index (κ1) is 21.2. The topological polar surface area (TPSA) is 140 Å². The van der Waals surface area contributed by atoms with Gasteiger partial charge < -0.3 is 25.8 Å². The molecule has 1 aliphatic carbocycles. The minimum Gasteiger partial charge on any atom is -0.394 e. The molecular formula is C25H25N5O4. The lowest BCUT2D eigenvalue weighted by Crippen LogP contribution is -2.46. The van der Waals surface area contributed by atoms with Crippen molar-refractivity contribution in [2.75, 3.05) is 12.3 Å². The average molecular weight is 460 g/mol. The number of aliphatic hydroxyl groups is 3. The van der Waals surface area contributed by atoms with E-state index in [1.165, 1.54) is 34.9 Å². The molecule has 5 N–H and O–H groups in total. The molecule has 3 heterocycles. The number of aliphatic hydroxyl groups excluding tert-OH is 3. The van der Waals surface area contributed by atoms with Crippen LogP contribution in [0.3, 0.4) is 0 Å². The molecule has 0 spiro atoms. The van der Waals surface area contributed by atoms with Crippen molar-refractivity contribution < 1.29 is 20.1 Å². The number of imidazole rings is 1. The molecule has 9 heteroatoms. The number of hydrogen-bond donors (Lipinski definition) is 4. The largest absolute Gasteiger partial charge is 0.394 e. The Morgan fingerprint density at radius 1 is 1.06 bits per heavy atom. The highest BCUT2D eigenvalue weighted by molar-refractivity contribution is 5.81. The number of nitrogens with two attached hydrogens (primary N) is 1. The van der Waals surface area contributed by atoms with Gasteiger partial charge in [-0.15, -0.1) is 0 Å². The van der Waals surface area contributed by atoms with Crippen LogP contribution in [0.4, 0.5) is 5.82 Å². The Bertz CT molecular complexity index is 1390. The second kappa shape index (κ2) is 7.85. The number of nitrogens with zero attached hydrogens (tertiary/aromatic N) is 4. The molecular weight excluding hydrogens is 434 g/mol. The van der Waals surface area contributed by atoms with Crippen molar-refractivity contribution in [1.29, 1.82) is 0 Å². The molecule has 2 aliphatic rings. The van der Waals surface area contributed by atoms with E-state index < -0.39 is 30.6 Å². The number of hydrogen-bond acceptors (Lipinski definition) is 8. The molecule has 0 saturated carbocycles. The van der Waals surface area contributed by atoms with Gasteiger partial charge in [0.25, 0.3) is 0 Å². The molecule has 0 bridgehead atoms. The van der Waals surface area contributed by atoms with Gasteiger partial charge in [-0.05, 0) is 40.7 Å². The number of rotatable bonds is 5. The number of aryl methyl sites for hydroxylation is 1. The molecule has 0 amide bonds. The van der Waals surface area contributed by atoms with Crippen molar-refractivity contribution in [2.24, 2.45) is 0 Å². The summed E-state index contributed by atoms with van der Waals surface area (Å²) in [7, 11) is 0. The normalized spacial score (nSPS) is 25.6. The third-order valence-corrected chi connectivity index (χ3v) is 7.17. The maximum atomic E-state index is 11.2. The Kier molecular flexibility index (Phi) is 4.89. The van der Waals surface area contributed by atoms with Crippen molar-refractivity contribution in [3.63, 3.8) is 0 Å². The van der Waals surface area contributed by atoms with Gasteiger partial charge in [0.1, 0.15) is 30.2 Å². The fourth-order valence-corrected chi connectivity index (χ4v) is 5.44. The van der Waals surface area contributed by atoms with Gasteiger partial charge in [-0.1, -0.05) is 42.5 Å². The number of nitrogen functional groups attached to an aromatic ring is 1. The second-order valence-electron chi connectivity index (χ2n) is 8.94. The van der Waals surface area contributed by atoms with E-state index >= 15 is 0 Å². The maximum absolute atomic E-state index is 11.2. The molecule has 6 rings (SSSR count). The first-order valence-electron chi connectivity index (χ1n) is 11.3. The zero-order valence-corrected chi connectivity index (χ0v) is 18.4. The average Bonchev–Trinajstić information content (AvgIpc) is 3.53. The minimum atomic E-state index is -1.39. The van der Waals surface area contributed by atoms with Crippen molar-refractivity contribution in [1.82, 2.24) is 19.5 Å². The highest BCUT2D eigenvalue weighted by atomic mass is 16.6. The predicted molar refractivity (Wildman–Crippen MR) is 125 cm³/mol. The van der Waals surface area contributed by atoms with Gasteiger partial charge in [0.05, 0.1) is 12.9 Å². The standard InChI is InChI=1S/C25H25N5O4/c26-23-20-24(28-12-27-23)30(13-29-20)25(22(33)21(32)19(11-31)34-25)9-8-14-5-3-7-17-16-6-2-1-4-15(16)10-18(14)17/h1-7,12-13,19,21-22,31-33H,8-11H2,(H2,26,27,28)/t19-,21-,22-,25-/m1/s1. The van der Waals surface area contributed by atoms with Gasteiger partial charge >= 0.3 is 0 Å². The van der Waals surface area contributed by atoms with E-state index in [-0.39, 0.29) is 5.82 Å². The summed E-state index contributed by atoms with van der Waals surface area (Å²) in [6.45, 7) is -0.431. The summed E-state index contributed by atoms with van der Waals surface area (Å²) in [6.07, 6.45) is 1.03. The predicted octanol–water partition coefficient (Wildman–Crippen LogP) is 1.38. The lowest BCUT2D eigenvalue weighted by atomic mass is 9.92. The van der Waals surface area contributed by atoms with Crippen molar-refractivity contribution >= 4 is 17.0 Å². The molecule has 0 unspecified atom stereocenters. The molecule has 0 radical (unpaired) electrons. The van der Waals surface area contributed by atoms with Gasteiger partial charge in [-0.2, -0.15) is 0 Å². The van der Waals surface area contributed by atoms with E-state index in [9.17, 15) is 15.3 Å². The lowest BCUT2D eigenvalue weighted by Gasteiger charge is -2.34. The summed E-state index contributed by atoms with van der Waals surface area (Å²) in [5.41, 5.74) is 11.5. The highest BCUT2D eigenvalue weighted by Gasteiger charge is 2.55. The highest BCUT2D eigenvalue weighted by Crippen LogP contribution is 2.43. The van der Waals surface area contributed by atoms with Crippen LogP contribution in [0.2, 0.25) is 0 Å². The van der Waals surface area contributed by atoms with Gasteiger partial charge in [0, 0.05) is 6.42 Å². The fourth-order valence-electron chi connectivity index (χ4n) is 5.44. The van der Waals surface area contributed by atoms with Crippen LogP contribution in [0.15, 0.2) is 55.1 Å². The molecule has 1 aliphatic heterocycles. The van der Waals surface area contributed by atoms with Crippen LogP contribution in [0.5, 0.6) is 0 Å². The molecule has 1 fully saturated rings. The molecule has 1 saturated heterocycles. The summed E-state index contributed by atoms with van der Waals surface area (Å²) >= 11 is 0. The maximum Gasteiger partial charge on any atom is 0.176 e.